The van der Waals surface area contributed by atoms with E-state index in [0.29, 0.717) is 24.5 Å². The topological polar surface area (TPSA) is 82.8 Å². The fraction of sp³-hybridized carbons (Fsp3) is 0.240. The molecule has 8 heteroatoms. The van der Waals surface area contributed by atoms with Gasteiger partial charge >= 0.3 is 0 Å². The Bertz CT molecular complexity index is 1180. The lowest BCUT2D eigenvalue weighted by atomic mass is 9.96. The predicted octanol–water partition coefficient (Wildman–Crippen LogP) is 4.64. The van der Waals surface area contributed by atoms with Crippen LogP contribution >= 0.6 is 0 Å². The summed E-state index contributed by atoms with van der Waals surface area (Å²) in [5.74, 6) is 0.0854. The van der Waals surface area contributed by atoms with Crippen LogP contribution in [-0.2, 0) is 13.0 Å². The van der Waals surface area contributed by atoms with Gasteiger partial charge < -0.3 is 10.2 Å². The highest BCUT2D eigenvalue weighted by atomic mass is 19.1. The molecule has 0 unspecified atom stereocenters. The highest BCUT2D eigenvalue weighted by Gasteiger charge is 2.22. The number of nitrogens with zero attached hydrogens (tertiary/aromatic N) is 5. The van der Waals surface area contributed by atoms with Gasteiger partial charge in [0.15, 0.2) is 0 Å². The van der Waals surface area contributed by atoms with Crippen LogP contribution in [0.15, 0.2) is 64.9 Å². The standard InChI is InChI=1S/C25H25FN6O/c1-2-3-12-28-29-16-20-7-6-8-23(30-20)31-25(33)21-14-19-17-32(24-9-4-5-11-27-24)13-10-18(19)15-22(21)26/h4-9,11-12,14-16H,2-3,10,13,17H2,1H3,(H,30,31,33)/b28-12+,29-16+. The molecule has 0 fully saturated rings. The number of anilines is 2. The number of amides is 1. The molecule has 1 amide bonds. The molecule has 0 radical (unpaired) electrons. The Hall–Kier alpha value is -3.94. The van der Waals surface area contributed by atoms with Gasteiger partial charge in [-0.2, -0.15) is 10.2 Å². The normalized spacial score (nSPS) is 13.5. The molecular formula is C25H25FN6O. The molecule has 1 aliphatic rings. The highest BCUT2D eigenvalue weighted by Crippen LogP contribution is 2.26. The number of aromatic nitrogens is 2. The van der Waals surface area contributed by atoms with Crippen molar-refractivity contribution in [2.75, 3.05) is 16.8 Å². The third-order valence-corrected chi connectivity index (χ3v) is 5.29. The minimum absolute atomic E-state index is 0.0124. The van der Waals surface area contributed by atoms with Crippen molar-refractivity contribution in [1.29, 1.82) is 0 Å². The van der Waals surface area contributed by atoms with E-state index in [-0.39, 0.29) is 5.56 Å². The monoisotopic (exact) mass is 444 g/mol. The average molecular weight is 445 g/mol. The zero-order valence-electron chi connectivity index (χ0n) is 18.4. The maximum absolute atomic E-state index is 14.8. The van der Waals surface area contributed by atoms with E-state index in [2.05, 4.69) is 37.3 Å². The molecule has 0 saturated carbocycles. The molecule has 2 aromatic heterocycles. The van der Waals surface area contributed by atoms with Crippen LogP contribution in [0.1, 0.15) is 46.9 Å². The van der Waals surface area contributed by atoms with Gasteiger partial charge in [0.2, 0.25) is 0 Å². The van der Waals surface area contributed by atoms with Gasteiger partial charge in [0.1, 0.15) is 17.5 Å². The lowest BCUT2D eigenvalue weighted by molar-refractivity contribution is 0.102. The van der Waals surface area contributed by atoms with E-state index < -0.39 is 11.7 Å². The summed E-state index contributed by atoms with van der Waals surface area (Å²) in [7, 11) is 0. The van der Waals surface area contributed by atoms with Gasteiger partial charge in [0.25, 0.3) is 5.91 Å². The smallest absolute Gasteiger partial charge is 0.259 e. The van der Waals surface area contributed by atoms with Crippen LogP contribution in [0.4, 0.5) is 16.0 Å². The maximum atomic E-state index is 14.8. The van der Waals surface area contributed by atoms with E-state index >= 15 is 0 Å². The van der Waals surface area contributed by atoms with Crippen LogP contribution in [0.5, 0.6) is 0 Å². The summed E-state index contributed by atoms with van der Waals surface area (Å²) in [4.78, 5) is 23.7. The van der Waals surface area contributed by atoms with Crippen LogP contribution in [0.3, 0.4) is 0 Å². The summed E-state index contributed by atoms with van der Waals surface area (Å²) in [6, 6.07) is 14.0. The first-order chi connectivity index (χ1) is 16.1. The van der Waals surface area contributed by atoms with Crippen molar-refractivity contribution in [3.63, 3.8) is 0 Å². The quantitative estimate of drug-likeness (QED) is 0.425. The van der Waals surface area contributed by atoms with E-state index in [0.717, 1.165) is 36.3 Å². The zero-order chi connectivity index (χ0) is 23.0. The summed E-state index contributed by atoms with van der Waals surface area (Å²) < 4.78 is 14.8. The van der Waals surface area contributed by atoms with Crippen molar-refractivity contribution in [2.24, 2.45) is 10.2 Å². The SMILES string of the molecule is CCC/C=N/N=C/c1cccc(NC(=O)c2cc3c(cc2F)CCN(c2ccccn2)C3)n1. The third-order valence-electron chi connectivity index (χ3n) is 5.29. The largest absolute Gasteiger partial charge is 0.352 e. The fourth-order valence-electron chi connectivity index (χ4n) is 3.59. The summed E-state index contributed by atoms with van der Waals surface area (Å²) >= 11 is 0. The highest BCUT2D eigenvalue weighted by molar-refractivity contribution is 6.04. The predicted molar refractivity (Wildman–Crippen MR) is 129 cm³/mol. The summed E-state index contributed by atoms with van der Waals surface area (Å²) in [6.07, 6.45) is 7.53. The van der Waals surface area contributed by atoms with Crippen LogP contribution in [0.2, 0.25) is 0 Å². The number of nitrogens with one attached hydrogen (secondary N) is 1. The van der Waals surface area contributed by atoms with Crippen molar-refractivity contribution in [3.05, 3.63) is 82.9 Å². The van der Waals surface area contributed by atoms with E-state index in [1.165, 1.54) is 12.3 Å². The first-order valence-corrected chi connectivity index (χ1v) is 10.9. The van der Waals surface area contributed by atoms with Crippen molar-refractivity contribution in [3.8, 4) is 0 Å². The summed E-state index contributed by atoms with van der Waals surface area (Å²) in [6.45, 7) is 3.37. The Morgan fingerprint density at radius 2 is 2.09 bits per heavy atom. The first-order valence-electron chi connectivity index (χ1n) is 10.9. The minimum Gasteiger partial charge on any atom is -0.352 e. The number of benzene rings is 1. The molecule has 0 atom stereocenters. The number of hydrogen-bond acceptors (Lipinski definition) is 6. The van der Waals surface area contributed by atoms with Gasteiger partial charge in [-0.1, -0.05) is 25.5 Å². The van der Waals surface area contributed by atoms with Gasteiger partial charge in [-0.15, -0.1) is 0 Å². The number of fused-ring (bicyclic) bond motifs is 1. The van der Waals surface area contributed by atoms with Crippen LogP contribution in [0, 0.1) is 5.82 Å². The number of hydrogen-bond donors (Lipinski definition) is 1. The molecule has 1 aromatic carbocycles. The van der Waals surface area contributed by atoms with Gasteiger partial charge in [0, 0.05) is 25.5 Å². The third kappa shape index (κ3) is 5.65. The molecule has 7 nitrogen and oxygen atoms in total. The van der Waals surface area contributed by atoms with Gasteiger partial charge in [-0.25, -0.2) is 14.4 Å². The molecule has 168 valence electrons. The molecule has 0 saturated heterocycles. The molecule has 0 bridgehead atoms. The average Bonchev–Trinajstić information content (AvgIpc) is 2.84. The van der Waals surface area contributed by atoms with E-state index in [1.54, 1.807) is 36.7 Å². The number of rotatable bonds is 7. The molecule has 3 aromatic rings. The number of carbonyl (C=O) groups excluding carboxylic acids is 1. The van der Waals surface area contributed by atoms with Gasteiger partial charge in [-0.3, -0.25) is 4.79 Å². The van der Waals surface area contributed by atoms with Crippen LogP contribution in [-0.4, -0.2) is 34.8 Å². The number of pyridine rings is 2. The molecule has 0 spiro atoms. The Kier molecular flexibility index (Phi) is 7.14. The summed E-state index contributed by atoms with van der Waals surface area (Å²) in [5.41, 5.74) is 2.36. The van der Waals surface area contributed by atoms with Gasteiger partial charge in [-0.05, 0) is 60.4 Å². The van der Waals surface area contributed by atoms with E-state index in [4.69, 9.17) is 0 Å². The summed E-state index contributed by atoms with van der Waals surface area (Å²) in [5, 5.41) is 10.6. The second kappa shape index (κ2) is 10.6. The minimum atomic E-state index is -0.548. The Morgan fingerprint density at radius 1 is 1.18 bits per heavy atom. The second-order valence-electron chi connectivity index (χ2n) is 7.69. The van der Waals surface area contributed by atoms with Crippen molar-refractivity contribution in [2.45, 2.75) is 32.7 Å². The fourth-order valence-corrected chi connectivity index (χ4v) is 3.59. The Labute approximate surface area is 192 Å². The molecule has 33 heavy (non-hydrogen) atoms. The molecule has 1 N–H and O–H groups in total. The first kappa shape index (κ1) is 22.3. The van der Waals surface area contributed by atoms with Crippen molar-refractivity contribution in [1.82, 2.24) is 9.97 Å². The van der Waals surface area contributed by atoms with Crippen molar-refractivity contribution < 1.29 is 9.18 Å². The molecular weight excluding hydrogens is 419 g/mol. The maximum Gasteiger partial charge on any atom is 0.259 e. The van der Waals surface area contributed by atoms with Crippen molar-refractivity contribution >= 4 is 30.0 Å². The lowest BCUT2D eigenvalue weighted by Gasteiger charge is -2.30. The van der Waals surface area contributed by atoms with Gasteiger partial charge in [0.05, 0.1) is 17.5 Å². The molecule has 3 heterocycles. The Morgan fingerprint density at radius 3 is 2.91 bits per heavy atom. The Balaban J connectivity index is 1.49. The van der Waals surface area contributed by atoms with Crippen LogP contribution in [0.25, 0.3) is 0 Å². The van der Waals surface area contributed by atoms with E-state index in [1.807, 2.05) is 18.2 Å². The lowest BCUT2D eigenvalue weighted by Crippen LogP contribution is -2.31. The zero-order valence-corrected chi connectivity index (χ0v) is 18.4. The molecule has 0 aliphatic carbocycles. The van der Waals surface area contributed by atoms with Crippen LogP contribution < -0.4 is 10.2 Å². The molecule has 1 aliphatic heterocycles. The second-order valence-corrected chi connectivity index (χ2v) is 7.69. The van der Waals surface area contributed by atoms with E-state index in [9.17, 15) is 9.18 Å². The number of carbonyl (C=O) groups is 1. The molecule has 4 rings (SSSR count). The number of unbranched alkanes of at least 4 members (excludes halogenated alkanes) is 1. The number of halogens is 1.